The van der Waals surface area contributed by atoms with Crippen molar-refractivity contribution in [3.8, 4) is 50.7 Å². The van der Waals surface area contributed by atoms with Crippen LogP contribution in [0.3, 0.4) is 0 Å². The van der Waals surface area contributed by atoms with Gasteiger partial charge in [0.25, 0.3) is 0 Å². The van der Waals surface area contributed by atoms with Gasteiger partial charge >= 0.3 is 0 Å². The highest BCUT2D eigenvalue weighted by atomic mass is 15.0. The molecule has 0 aliphatic carbocycles. The Labute approximate surface area is 318 Å². The number of fused-ring (bicyclic) bond motifs is 7. The predicted octanol–water partition coefficient (Wildman–Crippen LogP) is 13.7. The van der Waals surface area contributed by atoms with Crippen LogP contribution in [0.4, 0.5) is 0 Å². The van der Waals surface area contributed by atoms with Gasteiger partial charge in [0.1, 0.15) is 0 Å². The van der Waals surface area contributed by atoms with Crippen LogP contribution in [0.1, 0.15) is 0 Å². The summed E-state index contributed by atoms with van der Waals surface area (Å²) in [4.78, 5) is 10.6. The number of aromatic nitrogens is 3. The Morgan fingerprint density at radius 3 is 1.84 bits per heavy atom. The number of hydrogen-bond donors (Lipinski definition) is 0. The van der Waals surface area contributed by atoms with Crippen LogP contribution in [-0.2, 0) is 0 Å². The molecule has 11 rings (SSSR count). The molecule has 0 unspecified atom stereocenters. The molecule has 0 fully saturated rings. The summed E-state index contributed by atoms with van der Waals surface area (Å²) in [5.41, 5.74) is 10.7. The standard InChI is InChI=1S/C52H33N3/c1-3-16-35(17-4-1)52-53-46(33-47(54-52)43-26-14-28-49-51(43)44-25-11-12-27-48(44)55(49)39-21-5-2-6-22-39)37-19-13-20-38(31-37)50-41-24-10-8-18-36(41)32-45-40-23-9-7-15-34(40)29-30-42(45)50/h1-33H. The Morgan fingerprint density at radius 2 is 0.982 bits per heavy atom. The summed E-state index contributed by atoms with van der Waals surface area (Å²) in [6.07, 6.45) is 0. The summed E-state index contributed by atoms with van der Waals surface area (Å²) < 4.78 is 2.36. The third-order valence-electron chi connectivity index (χ3n) is 11.0. The summed E-state index contributed by atoms with van der Waals surface area (Å²) in [6.45, 7) is 0. The molecule has 2 heterocycles. The molecular weight excluding hydrogens is 667 g/mol. The zero-order valence-electron chi connectivity index (χ0n) is 29.9. The molecule has 0 aliphatic heterocycles. The highest BCUT2D eigenvalue weighted by Gasteiger charge is 2.19. The van der Waals surface area contributed by atoms with Crippen molar-refractivity contribution < 1.29 is 0 Å². The topological polar surface area (TPSA) is 30.7 Å². The third-order valence-corrected chi connectivity index (χ3v) is 11.0. The zero-order chi connectivity index (χ0) is 36.3. The fourth-order valence-electron chi connectivity index (χ4n) is 8.50. The highest BCUT2D eigenvalue weighted by molar-refractivity contribution is 6.20. The lowest BCUT2D eigenvalue weighted by atomic mass is 9.89. The van der Waals surface area contributed by atoms with Crippen molar-refractivity contribution in [3.05, 3.63) is 200 Å². The monoisotopic (exact) mass is 699 g/mol. The van der Waals surface area contributed by atoms with E-state index in [1.54, 1.807) is 0 Å². The molecule has 0 spiro atoms. The quantitative estimate of drug-likeness (QED) is 0.132. The third kappa shape index (κ3) is 5.13. The van der Waals surface area contributed by atoms with Gasteiger partial charge in [0.15, 0.2) is 5.82 Å². The van der Waals surface area contributed by atoms with Crippen LogP contribution in [0.25, 0.3) is 105 Å². The average molecular weight is 700 g/mol. The maximum atomic E-state index is 5.31. The summed E-state index contributed by atoms with van der Waals surface area (Å²) in [5.74, 6) is 0.699. The van der Waals surface area contributed by atoms with E-state index >= 15 is 0 Å². The molecule has 0 amide bonds. The van der Waals surface area contributed by atoms with Crippen molar-refractivity contribution in [2.75, 3.05) is 0 Å². The van der Waals surface area contributed by atoms with Crippen molar-refractivity contribution in [1.82, 2.24) is 14.5 Å². The van der Waals surface area contributed by atoms with E-state index in [1.165, 1.54) is 48.7 Å². The molecule has 0 saturated carbocycles. The summed E-state index contributed by atoms with van der Waals surface area (Å²) >= 11 is 0. The minimum Gasteiger partial charge on any atom is -0.309 e. The Kier molecular flexibility index (Phi) is 7.17. The van der Waals surface area contributed by atoms with Crippen LogP contribution in [0.2, 0.25) is 0 Å². The van der Waals surface area contributed by atoms with Gasteiger partial charge in [-0.1, -0.05) is 158 Å². The first kappa shape index (κ1) is 31.2. The van der Waals surface area contributed by atoms with Crippen molar-refractivity contribution in [2.45, 2.75) is 0 Å². The first-order chi connectivity index (χ1) is 27.3. The van der Waals surface area contributed by atoms with Crippen molar-refractivity contribution in [1.29, 1.82) is 0 Å². The van der Waals surface area contributed by atoms with Gasteiger partial charge < -0.3 is 4.57 Å². The maximum Gasteiger partial charge on any atom is 0.160 e. The van der Waals surface area contributed by atoms with Gasteiger partial charge in [-0.25, -0.2) is 9.97 Å². The molecule has 0 N–H and O–H groups in total. The van der Waals surface area contributed by atoms with E-state index in [0.29, 0.717) is 5.82 Å². The largest absolute Gasteiger partial charge is 0.309 e. The molecule has 0 atom stereocenters. The number of nitrogens with zero attached hydrogens (tertiary/aromatic N) is 3. The van der Waals surface area contributed by atoms with E-state index in [4.69, 9.17) is 9.97 Å². The van der Waals surface area contributed by atoms with Crippen molar-refractivity contribution in [3.63, 3.8) is 0 Å². The molecule has 0 saturated heterocycles. The van der Waals surface area contributed by atoms with Gasteiger partial charge in [-0.3, -0.25) is 0 Å². The molecular formula is C52H33N3. The number of hydrogen-bond acceptors (Lipinski definition) is 2. The van der Waals surface area contributed by atoms with Gasteiger partial charge in [-0.2, -0.15) is 0 Å². The summed E-state index contributed by atoms with van der Waals surface area (Å²) in [7, 11) is 0. The number of rotatable bonds is 5. The van der Waals surface area contributed by atoms with E-state index in [0.717, 1.165) is 50.4 Å². The van der Waals surface area contributed by atoms with Crippen LogP contribution in [0.15, 0.2) is 200 Å². The highest BCUT2D eigenvalue weighted by Crippen LogP contribution is 2.42. The molecule has 0 radical (unpaired) electrons. The zero-order valence-corrected chi connectivity index (χ0v) is 29.9. The van der Waals surface area contributed by atoms with E-state index < -0.39 is 0 Å². The molecule has 9 aromatic carbocycles. The van der Waals surface area contributed by atoms with Crippen LogP contribution in [0.5, 0.6) is 0 Å². The van der Waals surface area contributed by atoms with Crippen LogP contribution < -0.4 is 0 Å². The van der Waals surface area contributed by atoms with Gasteiger partial charge in [-0.15, -0.1) is 0 Å². The van der Waals surface area contributed by atoms with E-state index in [2.05, 4.69) is 199 Å². The number of para-hydroxylation sites is 2. The van der Waals surface area contributed by atoms with Gasteiger partial charge in [-0.05, 0) is 85.9 Å². The molecule has 11 aromatic rings. The van der Waals surface area contributed by atoms with Gasteiger partial charge in [0, 0.05) is 33.2 Å². The lowest BCUT2D eigenvalue weighted by Gasteiger charge is -2.15. The molecule has 0 aliphatic rings. The smallest absolute Gasteiger partial charge is 0.160 e. The predicted molar refractivity (Wildman–Crippen MR) is 231 cm³/mol. The molecule has 0 bridgehead atoms. The maximum absolute atomic E-state index is 5.31. The fourth-order valence-corrected chi connectivity index (χ4v) is 8.50. The summed E-state index contributed by atoms with van der Waals surface area (Å²) in [6, 6.07) is 71.5. The molecule has 256 valence electrons. The second-order valence-corrected chi connectivity index (χ2v) is 14.2. The molecule has 2 aromatic heterocycles. The lowest BCUT2D eigenvalue weighted by molar-refractivity contribution is 1.18. The van der Waals surface area contributed by atoms with Crippen LogP contribution >= 0.6 is 0 Å². The second-order valence-electron chi connectivity index (χ2n) is 14.2. The summed E-state index contributed by atoms with van der Waals surface area (Å²) in [5, 5.41) is 9.83. The van der Waals surface area contributed by atoms with E-state index in [-0.39, 0.29) is 0 Å². The number of benzene rings is 9. The molecule has 55 heavy (non-hydrogen) atoms. The van der Waals surface area contributed by atoms with Crippen LogP contribution in [0, 0.1) is 0 Å². The minimum absolute atomic E-state index is 0.699. The SMILES string of the molecule is c1ccc(-c2nc(-c3cccc(-c4c5ccccc5cc5c4ccc4ccccc45)c3)cc(-c3cccc4c3c3ccccc3n4-c3ccccc3)n2)cc1. The fraction of sp³-hybridized carbons (Fsp3) is 0. The minimum atomic E-state index is 0.699. The first-order valence-corrected chi connectivity index (χ1v) is 18.7. The van der Waals surface area contributed by atoms with Crippen molar-refractivity contribution >= 4 is 54.1 Å². The Hall–Kier alpha value is -7.36. The Morgan fingerprint density at radius 1 is 0.345 bits per heavy atom. The molecule has 3 nitrogen and oxygen atoms in total. The first-order valence-electron chi connectivity index (χ1n) is 18.7. The van der Waals surface area contributed by atoms with E-state index in [9.17, 15) is 0 Å². The lowest BCUT2D eigenvalue weighted by Crippen LogP contribution is -1.97. The Bertz CT molecular complexity index is 3250. The molecule has 3 heteroatoms. The van der Waals surface area contributed by atoms with Gasteiger partial charge in [0.2, 0.25) is 0 Å². The normalized spacial score (nSPS) is 11.6. The van der Waals surface area contributed by atoms with E-state index in [1.807, 2.05) is 6.07 Å². The van der Waals surface area contributed by atoms with Crippen LogP contribution in [-0.4, -0.2) is 14.5 Å². The Balaban J connectivity index is 1.16. The second kappa shape index (κ2) is 12.6. The van der Waals surface area contributed by atoms with Crippen molar-refractivity contribution in [2.24, 2.45) is 0 Å². The van der Waals surface area contributed by atoms with Gasteiger partial charge in [0.05, 0.1) is 22.4 Å². The average Bonchev–Trinajstić information content (AvgIpc) is 3.61.